The molecule has 0 unspecified atom stereocenters. The van der Waals surface area contributed by atoms with E-state index in [9.17, 15) is 14.0 Å². The summed E-state index contributed by atoms with van der Waals surface area (Å²) >= 11 is 1.59. The molecule has 4 aromatic carbocycles. The summed E-state index contributed by atoms with van der Waals surface area (Å²) in [5.74, 6) is -0.452. The minimum absolute atomic E-state index is 0. The fourth-order valence-corrected chi connectivity index (χ4v) is 7.93. The molecule has 0 saturated carbocycles. The first-order valence-corrected chi connectivity index (χ1v) is 20.8. The number of hydrogen-bond donors (Lipinski definition) is 6. The van der Waals surface area contributed by atoms with E-state index in [0.717, 1.165) is 69.6 Å². The Morgan fingerprint density at radius 1 is 0.797 bits per heavy atom. The summed E-state index contributed by atoms with van der Waals surface area (Å²) in [5.41, 5.74) is 5.17. The Hall–Kier alpha value is -6.34. The van der Waals surface area contributed by atoms with Crippen molar-refractivity contribution < 1.29 is 34.1 Å². The minimum Gasteiger partial charge on any atom is -0.423 e. The molecule has 0 spiro atoms. The summed E-state index contributed by atoms with van der Waals surface area (Å²) in [6.45, 7) is 4.40. The third-order valence-electron chi connectivity index (χ3n) is 10.4. The van der Waals surface area contributed by atoms with Crippen LogP contribution in [-0.2, 0) is 9.59 Å². The lowest BCUT2D eigenvalue weighted by Gasteiger charge is -2.35. The van der Waals surface area contributed by atoms with Gasteiger partial charge in [0.15, 0.2) is 5.13 Å². The molecule has 15 nitrogen and oxygen atoms in total. The first-order chi connectivity index (χ1) is 30.1. The van der Waals surface area contributed by atoms with Gasteiger partial charge in [0, 0.05) is 68.0 Å². The number of aromatic nitrogens is 5. The van der Waals surface area contributed by atoms with Crippen molar-refractivity contribution in [1.29, 1.82) is 0 Å². The van der Waals surface area contributed by atoms with Gasteiger partial charge in [0.2, 0.25) is 11.8 Å². The number of carbonyl (C=O) groups excluding carboxylic acids is 2. The zero-order chi connectivity index (χ0) is 43.4. The van der Waals surface area contributed by atoms with Crippen LogP contribution in [0.2, 0.25) is 0 Å². The SMILES string of the molecule is C.C.O=C(Nc1ccc2[nH]nc(-c3ccccc3)c2c1)[C@@H]1CCN(CC(=O)N2CCN(c3ncc(-c4cnccn4)s3)CC2)C1.OB(O)c1ccc(F)cc1.OB(O)c1ccccc1. The minimum atomic E-state index is -1.51. The van der Waals surface area contributed by atoms with Crippen molar-refractivity contribution in [3.8, 4) is 21.8 Å². The second-order valence-corrected chi connectivity index (χ2v) is 15.6. The molecule has 5 heterocycles. The van der Waals surface area contributed by atoms with Gasteiger partial charge in [-0.2, -0.15) is 5.10 Å². The molecule has 7 aromatic rings. The zero-order valence-corrected chi connectivity index (χ0v) is 34.4. The van der Waals surface area contributed by atoms with Crippen LogP contribution in [0, 0.1) is 11.7 Å². The number of amides is 2. The van der Waals surface area contributed by atoms with Gasteiger partial charge in [-0.1, -0.05) is 99.0 Å². The highest BCUT2D eigenvalue weighted by atomic mass is 32.1. The van der Waals surface area contributed by atoms with Crippen LogP contribution in [0.15, 0.2) is 128 Å². The predicted molar refractivity (Wildman–Crippen MR) is 253 cm³/mol. The van der Waals surface area contributed by atoms with Crippen LogP contribution in [0.1, 0.15) is 21.3 Å². The van der Waals surface area contributed by atoms with Crippen LogP contribution < -0.4 is 21.1 Å². The molecule has 6 N–H and O–H groups in total. The maximum Gasteiger partial charge on any atom is 0.488 e. The van der Waals surface area contributed by atoms with Crippen molar-refractivity contribution in [2.45, 2.75) is 21.3 Å². The van der Waals surface area contributed by atoms with Gasteiger partial charge in [0.25, 0.3) is 0 Å². The van der Waals surface area contributed by atoms with Gasteiger partial charge >= 0.3 is 14.2 Å². The van der Waals surface area contributed by atoms with E-state index < -0.39 is 14.2 Å². The van der Waals surface area contributed by atoms with Gasteiger partial charge in [-0.05, 0) is 54.2 Å². The molecule has 2 saturated heterocycles. The van der Waals surface area contributed by atoms with E-state index in [2.05, 4.69) is 40.3 Å². The normalized spacial score (nSPS) is 14.5. The van der Waals surface area contributed by atoms with Crippen LogP contribution in [0.25, 0.3) is 32.7 Å². The van der Waals surface area contributed by atoms with Gasteiger partial charge < -0.3 is 35.2 Å². The molecule has 2 aliphatic heterocycles. The van der Waals surface area contributed by atoms with Crippen LogP contribution in [-0.4, -0.2) is 127 Å². The standard InChI is InChI=1S/C31H31N9O2S.C6H6BFO2.C6H7BO2.2CH4/c41-28(39-12-14-40(15-13-39)31-34-18-27(43-31)26-17-32-9-10-33-26)20-38-11-8-22(19-38)30(42)35-23-6-7-25-24(16-23)29(37-36-25)21-4-2-1-3-5-21;8-6-3-1-5(2-4-6)7(9)10;8-7(9)6-4-2-1-3-5-6;;/h1-7,9-10,16-18,22H,8,11-15,19-20H2,(H,35,42)(H,36,37);1-4,9-10H;1-5,8-9H;2*1H4/t22-;;;;/m1..../s1. The number of carbonyl (C=O) groups is 2. The number of fused-ring (bicyclic) bond motifs is 1. The van der Waals surface area contributed by atoms with E-state index in [1.54, 1.807) is 54.2 Å². The van der Waals surface area contributed by atoms with Gasteiger partial charge in [-0.15, -0.1) is 0 Å². The molecule has 9 rings (SSSR count). The maximum absolute atomic E-state index is 13.2. The van der Waals surface area contributed by atoms with Crippen molar-refractivity contribution in [3.05, 3.63) is 134 Å². The first-order valence-electron chi connectivity index (χ1n) is 20.0. The number of benzene rings is 4. The van der Waals surface area contributed by atoms with Crippen molar-refractivity contribution >= 4 is 70.0 Å². The van der Waals surface area contributed by atoms with Crippen LogP contribution in [0.5, 0.6) is 0 Å². The fraction of sp³-hybridized carbons (Fsp3) is 0.244. The largest absolute Gasteiger partial charge is 0.488 e. The molecule has 0 aliphatic carbocycles. The van der Waals surface area contributed by atoms with Crippen LogP contribution in [0.4, 0.5) is 15.2 Å². The third-order valence-corrected chi connectivity index (χ3v) is 11.4. The average molecular weight is 888 g/mol. The number of likely N-dealkylation sites (tertiary alicyclic amines) is 1. The molecule has 2 amide bonds. The number of thiazole rings is 1. The second-order valence-electron chi connectivity index (χ2n) is 14.6. The second kappa shape index (κ2) is 23.4. The highest BCUT2D eigenvalue weighted by Crippen LogP contribution is 2.31. The summed E-state index contributed by atoms with van der Waals surface area (Å²) in [7, 11) is -2.85. The van der Waals surface area contributed by atoms with Crippen molar-refractivity contribution in [3.63, 3.8) is 0 Å². The summed E-state index contributed by atoms with van der Waals surface area (Å²) in [4.78, 5) is 46.6. The Kier molecular flexibility index (Phi) is 17.8. The molecule has 0 radical (unpaired) electrons. The predicted octanol–water partition coefficient (Wildman–Crippen LogP) is 3.90. The van der Waals surface area contributed by atoms with Gasteiger partial charge in [-0.25, -0.2) is 9.37 Å². The Bertz CT molecular complexity index is 2520. The number of aromatic amines is 1. The monoisotopic (exact) mass is 887 g/mol. The van der Waals surface area contributed by atoms with Crippen LogP contribution in [0.3, 0.4) is 0 Å². The highest BCUT2D eigenvalue weighted by molar-refractivity contribution is 7.18. The highest BCUT2D eigenvalue weighted by Gasteiger charge is 2.31. The topological polar surface area (TPSA) is 204 Å². The first kappa shape index (κ1) is 48.7. The Labute approximate surface area is 376 Å². The lowest BCUT2D eigenvalue weighted by atomic mass is 9.80. The number of nitrogens with one attached hydrogen (secondary N) is 2. The van der Waals surface area contributed by atoms with E-state index in [1.165, 1.54) is 24.3 Å². The number of anilines is 2. The molecule has 1 atom stereocenters. The van der Waals surface area contributed by atoms with Gasteiger partial charge in [-0.3, -0.25) is 29.6 Å². The Morgan fingerprint density at radius 2 is 1.47 bits per heavy atom. The summed E-state index contributed by atoms with van der Waals surface area (Å²) < 4.78 is 12.2. The summed E-state index contributed by atoms with van der Waals surface area (Å²) in [6.07, 6.45) is 7.64. The maximum atomic E-state index is 13.2. The number of hydrogen-bond acceptors (Lipinski definition) is 13. The summed E-state index contributed by atoms with van der Waals surface area (Å²) in [6, 6.07) is 29.4. The molecule has 0 bridgehead atoms. The van der Waals surface area contributed by atoms with E-state index in [-0.39, 0.29) is 38.4 Å². The van der Waals surface area contributed by atoms with Gasteiger partial charge in [0.05, 0.1) is 34.7 Å². The Balaban J connectivity index is 0.000000304. The molecule has 332 valence electrons. The molecule has 64 heavy (non-hydrogen) atoms. The number of nitrogens with zero attached hydrogens (tertiary/aromatic N) is 7. The van der Waals surface area contributed by atoms with Crippen molar-refractivity contribution in [1.82, 2.24) is 34.9 Å². The summed E-state index contributed by atoms with van der Waals surface area (Å²) in [5, 5.41) is 46.8. The molecule has 2 fully saturated rings. The van der Waals surface area contributed by atoms with Crippen LogP contribution >= 0.6 is 11.3 Å². The third kappa shape index (κ3) is 12.9. The average Bonchev–Trinajstić information content (AvgIpc) is 4.09. The van der Waals surface area contributed by atoms with Crippen molar-refractivity contribution in [2.24, 2.45) is 5.92 Å². The lowest BCUT2D eigenvalue weighted by molar-refractivity contribution is -0.132. The Morgan fingerprint density at radius 3 is 2.11 bits per heavy atom. The quantitative estimate of drug-likeness (QED) is 0.114. The van der Waals surface area contributed by atoms with E-state index in [1.807, 2.05) is 65.7 Å². The number of H-pyrrole nitrogens is 1. The molecular formula is C45H52B2FN9O6S. The van der Waals surface area contributed by atoms with E-state index in [0.29, 0.717) is 37.1 Å². The molecule has 3 aromatic heterocycles. The van der Waals surface area contributed by atoms with Gasteiger partial charge in [0.1, 0.15) is 11.5 Å². The number of piperazine rings is 1. The fourth-order valence-electron chi connectivity index (χ4n) is 7.00. The smallest absolute Gasteiger partial charge is 0.423 e. The molecule has 19 heteroatoms. The number of halogens is 1. The van der Waals surface area contributed by atoms with E-state index >= 15 is 0 Å². The van der Waals surface area contributed by atoms with Crippen molar-refractivity contribution in [2.75, 3.05) is 56.0 Å². The molecule has 2 aliphatic rings. The number of rotatable bonds is 9. The molecular weight excluding hydrogens is 835 g/mol. The zero-order valence-electron chi connectivity index (χ0n) is 33.5. The van der Waals surface area contributed by atoms with E-state index in [4.69, 9.17) is 20.1 Å². The lowest BCUT2D eigenvalue weighted by Crippen LogP contribution is -2.51.